The summed E-state index contributed by atoms with van der Waals surface area (Å²) in [5.41, 5.74) is 4.81. The first kappa shape index (κ1) is 14.4. The van der Waals surface area contributed by atoms with Gasteiger partial charge in [0.1, 0.15) is 12.4 Å². The molecular weight excluding hydrogens is 324 g/mol. The Bertz CT molecular complexity index is 581. The fraction of sp³-hybridized carbons (Fsp3) is 0.250. The van der Waals surface area contributed by atoms with Crippen LogP contribution in [0, 0.1) is 13.8 Å². The number of ether oxygens (including phenoxy) is 1. The predicted octanol–water partition coefficient (Wildman–Crippen LogP) is 5.38. The number of rotatable bonds is 4. The zero-order valence-electron chi connectivity index (χ0n) is 11.0. The van der Waals surface area contributed by atoms with Crippen LogP contribution in [0.1, 0.15) is 22.3 Å². The Kier molecular flexibility index (Phi) is 4.89. The van der Waals surface area contributed by atoms with Gasteiger partial charge in [-0.05, 0) is 54.3 Å². The number of alkyl halides is 1. The molecule has 3 heteroatoms. The lowest BCUT2D eigenvalue weighted by molar-refractivity contribution is 0.306. The van der Waals surface area contributed by atoms with Crippen molar-refractivity contribution >= 4 is 27.5 Å². The van der Waals surface area contributed by atoms with Gasteiger partial charge in [0.15, 0.2) is 0 Å². The minimum atomic E-state index is 0.474. The van der Waals surface area contributed by atoms with E-state index < -0.39 is 0 Å². The van der Waals surface area contributed by atoms with E-state index in [1.807, 2.05) is 18.2 Å². The molecule has 0 saturated heterocycles. The smallest absolute Gasteiger partial charge is 0.120 e. The van der Waals surface area contributed by atoms with Gasteiger partial charge in [0.2, 0.25) is 0 Å². The van der Waals surface area contributed by atoms with E-state index in [0.717, 1.165) is 15.8 Å². The van der Waals surface area contributed by atoms with Crippen molar-refractivity contribution in [3.63, 3.8) is 0 Å². The van der Waals surface area contributed by atoms with Gasteiger partial charge >= 0.3 is 0 Å². The highest BCUT2D eigenvalue weighted by Crippen LogP contribution is 2.24. The molecule has 0 bridgehead atoms. The van der Waals surface area contributed by atoms with Gasteiger partial charge in [0, 0.05) is 10.4 Å². The molecule has 19 heavy (non-hydrogen) atoms. The minimum absolute atomic E-state index is 0.474. The summed E-state index contributed by atoms with van der Waals surface area (Å²) in [7, 11) is 0. The van der Waals surface area contributed by atoms with Crippen LogP contribution in [-0.4, -0.2) is 0 Å². The van der Waals surface area contributed by atoms with Gasteiger partial charge in [-0.15, -0.1) is 11.6 Å². The lowest BCUT2D eigenvalue weighted by atomic mass is 10.1. The van der Waals surface area contributed by atoms with E-state index in [2.05, 4.69) is 48.0 Å². The summed E-state index contributed by atoms with van der Waals surface area (Å²) < 4.78 is 6.82. The molecule has 0 atom stereocenters. The first-order chi connectivity index (χ1) is 9.10. The number of hydrogen-bond donors (Lipinski definition) is 0. The molecule has 0 aliphatic rings. The molecule has 2 rings (SSSR count). The number of aryl methyl sites for hydroxylation is 2. The first-order valence-electron chi connectivity index (χ1n) is 6.13. The van der Waals surface area contributed by atoms with Crippen molar-refractivity contribution in [2.75, 3.05) is 0 Å². The lowest BCUT2D eigenvalue weighted by Crippen LogP contribution is -1.97. The van der Waals surface area contributed by atoms with Crippen molar-refractivity contribution in [1.29, 1.82) is 0 Å². The van der Waals surface area contributed by atoms with Gasteiger partial charge in [-0.1, -0.05) is 34.1 Å². The van der Waals surface area contributed by atoms with Gasteiger partial charge in [-0.2, -0.15) is 0 Å². The third kappa shape index (κ3) is 3.74. The second-order valence-electron chi connectivity index (χ2n) is 4.59. The van der Waals surface area contributed by atoms with Crippen LogP contribution in [0.2, 0.25) is 0 Å². The molecule has 2 aromatic carbocycles. The third-order valence-electron chi connectivity index (χ3n) is 3.14. The predicted molar refractivity (Wildman–Crippen MR) is 83.9 cm³/mol. The second kappa shape index (κ2) is 6.44. The van der Waals surface area contributed by atoms with E-state index in [9.17, 15) is 0 Å². The van der Waals surface area contributed by atoms with Crippen molar-refractivity contribution in [2.24, 2.45) is 0 Å². The van der Waals surface area contributed by atoms with Gasteiger partial charge in [-0.25, -0.2) is 0 Å². The van der Waals surface area contributed by atoms with Gasteiger partial charge in [-0.3, -0.25) is 0 Å². The Morgan fingerprint density at radius 3 is 2.53 bits per heavy atom. The highest BCUT2D eigenvalue weighted by Gasteiger charge is 2.02. The van der Waals surface area contributed by atoms with Crippen molar-refractivity contribution < 1.29 is 4.74 Å². The highest BCUT2D eigenvalue weighted by molar-refractivity contribution is 9.10. The number of hydrogen-bond acceptors (Lipinski definition) is 1. The topological polar surface area (TPSA) is 9.23 Å². The SMILES string of the molecule is Cc1ccc(COc2ccc(Br)c(CCl)c2)cc1C. The van der Waals surface area contributed by atoms with E-state index in [4.69, 9.17) is 16.3 Å². The average Bonchev–Trinajstić information content (AvgIpc) is 2.41. The van der Waals surface area contributed by atoms with Crippen LogP contribution >= 0.6 is 27.5 Å². The van der Waals surface area contributed by atoms with E-state index in [0.29, 0.717) is 12.5 Å². The van der Waals surface area contributed by atoms with E-state index in [1.54, 1.807) is 0 Å². The minimum Gasteiger partial charge on any atom is -0.489 e. The second-order valence-corrected chi connectivity index (χ2v) is 5.72. The van der Waals surface area contributed by atoms with Crippen LogP contribution in [-0.2, 0) is 12.5 Å². The zero-order chi connectivity index (χ0) is 13.8. The molecule has 1 nitrogen and oxygen atoms in total. The molecule has 0 amide bonds. The van der Waals surface area contributed by atoms with E-state index >= 15 is 0 Å². The fourth-order valence-electron chi connectivity index (χ4n) is 1.80. The van der Waals surface area contributed by atoms with Gasteiger partial charge in [0.05, 0.1) is 0 Å². The Balaban J connectivity index is 2.07. The summed E-state index contributed by atoms with van der Waals surface area (Å²) in [6.45, 7) is 4.80. The van der Waals surface area contributed by atoms with Crippen LogP contribution in [0.4, 0.5) is 0 Å². The molecule has 0 N–H and O–H groups in total. The molecule has 0 spiro atoms. The molecule has 100 valence electrons. The molecule has 0 saturated carbocycles. The summed E-state index contributed by atoms with van der Waals surface area (Å²) in [6.07, 6.45) is 0. The van der Waals surface area contributed by atoms with Crippen LogP contribution in [0.25, 0.3) is 0 Å². The largest absolute Gasteiger partial charge is 0.489 e. The molecule has 0 fully saturated rings. The summed E-state index contributed by atoms with van der Waals surface area (Å²) in [5.74, 6) is 1.32. The average molecular weight is 340 g/mol. The summed E-state index contributed by atoms with van der Waals surface area (Å²) in [5, 5.41) is 0. The maximum Gasteiger partial charge on any atom is 0.120 e. The van der Waals surface area contributed by atoms with Crippen LogP contribution in [0.3, 0.4) is 0 Å². The summed E-state index contributed by atoms with van der Waals surface area (Å²) in [6, 6.07) is 12.3. The molecule has 0 heterocycles. The normalized spacial score (nSPS) is 10.5. The molecule has 0 aromatic heterocycles. The third-order valence-corrected chi connectivity index (χ3v) is 4.20. The van der Waals surface area contributed by atoms with Crippen LogP contribution in [0.5, 0.6) is 5.75 Å². The van der Waals surface area contributed by atoms with Crippen molar-refractivity contribution in [3.05, 3.63) is 63.1 Å². The summed E-state index contributed by atoms with van der Waals surface area (Å²) >= 11 is 9.34. The van der Waals surface area contributed by atoms with Crippen molar-refractivity contribution in [3.8, 4) is 5.75 Å². The van der Waals surface area contributed by atoms with Crippen molar-refractivity contribution in [2.45, 2.75) is 26.3 Å². The monoisotopic (exact) mass is 338 g/mol. The Morgan fingerprint density at radius 2 is 1.84 bits per heavy atom. The Morgan fingerprint density at radius 1 is 1.05 bits per heavy atom. The highest BCUT2D eigenvalue weighted by atomic mass is 79.9. The number of benzene rings is 2. The number of halogens is 2. The molecule has 0 radical (unpaired) electrons. The molecular formula is C16H16BrClO. The Hall–Kier alpha value is -0.990. The summed E-state index contributed by atoms with van der Waals surface area (Å²) in [4.78, 5) is 0. The molecule has 0 aliphatic heterocycles. The molecule has 0 unspecified atom stereocenters. The zero-order valence-corrected chi connectivity index (χ0v) is 13.4. The van der Waals surface area contributed by atoms with E-state index in [-0.39, 0.29) is 0 Å². The van der Waals surface area contributed by atoms with E-state index in [1.165, 1.54) is 16.7 Å². The Labute approximate surface area is 127 Å². The molecule has 2 aromatic rings. The lowest BCUT2D eigenvalue weighted by Gasteiger charge is -2.10. The maximum absolute atomic E-state index is 5.87. The quantitative estimate of drug-likeness (QED) is 0.679. The van der Waals surface area contributed by atoms with Crippen LogP contribution in [0.15, 0.2) is 40.9 Å². The molecule has 0 aliphatic carbocycles. The van der Waals surface area contributed by atoms with Gasteiger partial charge in [0.25, 0.3) is 0 Å². The van der Waals surface area contributed by atoms with Gasteiger partial charge < -0.3 is 4.74 Å². The fourth-order valence-corrected chi connectivity index (χ4v) is 2.57. The standard InChI is InChI=1S/C16H16BrClO/c1-11-3-4-13(7-12(11)2)10-19-15-5-6-16(17)14(8-15)9-18/h3-8H,9-10H2,1-2H3. The first-order valence-corrected chi connectivity index (χ1v) is 7.46. The maximum atomic E-state index is 5.87. The van der Waals surface area contributed by atoms with Crippen molar-refractivity contribution in [1.82, 2.24) is 0 Å². The van der Waals surface area contributed by atoms with Crippen LogP contribution < -0.4 is 4.74 Å².